The van der Waals surface area contributed by atoms with Crippen LogP contribution in [0.3, 0.4) is 0 Å². The Morgan fingerprint density at radius 1 is 1.22 bits per heavy atom. The number of aliphatic hydroxyl groups excluding tert-OH is 1. The maximum absolute atomic E-state index is 9.16. The fourth-order valence-electron chi connectivity index (χ4n) is 1.65. The van der Waals surface area contributed by atoms with Crippen molar-refractivity contribution in [1.29, 1.82) is 0 Å². The van der Waals surface area contributed by atoms with Crippen LogP contribution in [0.4, 0.5) is 0 Å². The van der Waals surface area contributed by atoms with Crippen molar-refractivity contribution < 1.29 is 19.3 Å². The maximum atomic E-state index is 9.16. The zero-order valence-electron chi connectivity index (χ0n) is 11.1. The molecule has 0 aliphatic carbocycles. The third kappa shape index (κ3) is 4.18. The molecule has 0 aromatic heterocycles. The first kappa shape index (κ1) is 14.8. The van der Waals surface area contributed by atoms with Crippen LogP contribution in [0.1, 0.15) is 5.56 Å². The van der Waals surface area contributed by atoms with Crippen molar-refractivity contribution in [2.24, 2.45) is 0 Å². The molecule has 5 nitrogen and oxygen atoms in total. The quantitative estimate of drug-likeness (QED) is 0.719. The fourth-order valence-corrected chi connectivity index (χ4v) is 1.65. The van der Waals surface area contributed by atoms with Crippen LogP contribution in [-0.4, -0.2) is 45.7 Å². The number of hydrogen-bond donors (Lipinski definition) is 2. The molecule has 1 aromatic carbocycles. The van der Waals surface area contributed by atoms with E-state index in [2.05, 4.69) is 5.32 Å². The predicted octanol–water partition coefficient (Wildman–Crippen LogP) is 0.801. The average Bonchev–Trinajstić information content (AvgIpc) is 2.43. The zero-order valence-corrected chi connectivity index (χ0v) is 11.1. The van der Waals surface area contributed by atoms with Crippen LogP contribution in [0.15, 0.2) is 18.2 Å². The fraction of sp³-hybridized carbons (Fsp3) is 0.538. The Morgan fingerprint density at radius 2 is 2.00 bits per heavy atom. The molecule has 102 valence electrons. The van der Waals surface area contributed by atoms with Gasteiger partial charge in [0, 0.05) is 19.2 Å². The second-order valence-corrected chi connectivity index (χ2v) is 3.89. The molecule has 1 atom stereocenters. The van der Waals surface area contributed by atoms with E-state index in [1.165, 1.54) is 0 Å². The Morgan fingerprint density at radius 3 is 2.56 bits per heavy atom. The Labute approximate surface area is 108 Å². The summed E-state index contributed by atoms with van der Waals surface area (Å²) in [5.41, 5.74) is 0.978. The largest absolute Gasteiger partial charge is 0.497 e. The summed E-state index contributed by atoms with van der Waals surface area (Å²) in [5.74, 6) is 1.57. The Hall–Kier alpha value is -1.30. The number of aliphatic hydroxyl groups is 1. The summed E-state index contributed by atoms with van der Waals surface area (Å²) in [6.45, 7) is 1.07. The van der Waals surface area contributed by atoms with E-state index in [9.17, 15) is 0 Å². The van der Waals surface area contributed by atoms with Gasteiger partial charge in [-0.2, -0.15) is 0 Å². The van der Waals surface area contributed by atoms with Crippen LogP contribution >= 0.6 is 0 Å². The first-order valence-electron chi connectivity index (χ1n) is 5.79. The molecular weight excluding hydrogens is 234 g/mol. The highest BCUT2D eigenvalue weighted by molar-refractivity contribution is 5.40. The molecule has 0 saturated heterocycles. The molecule has 0 saturated carbocycles. The molecule has 0 bridgehead atoms. The van der Waals surface area contributed by atoms with Gasteiger partial charge in [-0.15, -0.1) is 0 Å². The zero-order chi connectivity index (χ0) is 13.4. The van der Waals surface area contributed by atoms with Gasteiger partial charge in [0.1, 0.15) is 11.5 Å². The van der Waals surface area contributed by atoms with Gasteiger partial charge < -0.3 is 24.6 Å². The van der Waals surface area contributed by atoms with Gasteiger partial charge in [0.2, 0.25) is 0 Å². The third-order valence-electron chi connectivity index (χ3n) is 2.66. The lowest BCUT2D eigenvalue weighted by Gasteiger charge is -2.17. The van der Waals surface area contributed by atoms with Crippen molar-refractivity contribution in [3.8, 4) is 11.5 Å². The van der Waals surface area contributed by atoms with E-state index in [-0.39, 0.29) is 12.6 Å². The molecule has 2 N–H and O–H groups in total. The lowest BCUT2D eigenvalue weighted by molar-refractivity contribution is 0.128. The monoisotopic (exact) mass is 255 g/mol. The van der Waals surface area contributed by atoms with E-state index >= 15 is 0 Å². The highest BCUT2D eigenvalue weighted by atomic mass is 16.5. The van der Waals surface area contributed by atoms with Crippen molar-refractivity contribution in [2.45, 2.75) is 12.6 Å². The van der Waals surface area contributed by atoms with Gasteiger partial charge in [-0.05, 0) is 18.2 Å². The van der Waals surface area contributed by atoms with Gasteiger partial charge in [-0.3, -0.25) is 0 Å². The Kier molecular flexibility index (Phi) is 6.49. The molecule has 0 aliphatic rings. The lowest BCUT2D eigenvalue weighted by Crippen LogP contribution is -2.36. The number of nitrogens with one attached hydrogen (secondary N) is 1. The summed E-state index contributed by atoms with van der Waals surface area (Å²) in [6.07, 6.45) is 0. The smallest absolute Gasteiger partial charge is 0.123 e. The minimum Gasteiger partial charge on any atom is -0.497 e. The second-order valence-electron chi connectivity index (χ2n) is 3.89. The topological polar surface area (TPSA) is 60.0 Å². The molecule has 1 unspecified atom stereocenters. The van der Waals surface area contributed by atoms with Crippen LogP contribution in [0.5, 0.6) is 11.5 Å². The summed E-state index contributed by atoms with van der Waals surface area (Å²) in [6, 6.07) is 5.53. The van der Waals surface area contributed by atoms with Crippen molar-refractivity contribution in [3.05, 3.63) is 23.8 Å². The molecule has 0 aliphatic heterocycles. The van der Waals surface area contributed by atoms with Crippen LogP contribution < -0.4 is 14.8 Å². The van der Waals surface area contributed by atoms with Gasteiger partial charge in [0.15, 0.2) is 0 Å². The SMILES string of the molecule is COCC(CO)NCc1cc(OC)ccc1OC. The van der Waals surface area contributed by atoms with E-state index in [0.717, 1.165) is 17.1 Å². The summed E-state index contributed by atoms with van der Waals surface area (Å²) in [4.78, 5) is 0. The van der Waals surface area contributed by atoms with Crippen LogP contribution in [0, 0.1) is 0 Å². The number of rotatable bonds is 8. The standard InChI is InChI=1S/C13H21NO4/c1-16-9-11(8-15)14-7-10-6-12(17-2)4-5-13(10)18-3/h4-6,11,14-15H,7-9H2,1-3H3. The number of benzene rings is 1. The van der Waals surface area contributed by atoms with Crippen molar-refractivity contribution >= 4 is 0 Å². The number of ether oxygens (including phenoxy) is 3. The van der Waals surface area contributed by atoms with E-state index in [1.807, 2.05) is 18.2 Å². The first-order chi connectivity index (χ1) is 8.74. The lowest BCUT2D eigenvalue weighted by atomic mass is 10.1. The molecular formula is C13H21NO4. The average molecular weight is 255 g/mol. The molecule has 1 rings (SSSR count). The van der Waals surface area contributed by atoms with E-state index in [4.69, 9.17) is 19.3 Å². The summed E-state index contributed by atoms with van der Waals surface area (Å²) < 4.78 is 15.5. The van der Waals surface area contributed by atoms with E-state index in [1.54, 1.807) is 21.3 Å². The molecule has 0 amide bonds. The van der Waals surface area contributed by atoms with E-state index in [0.29, 0.717) is 13.2 Å². The summed E-state index contributed by atoms with van der Waals surface area (Å²) in [5, 5.41) is 12.4. The second kappa shape index (κ2) is 7.92. The Balaban J connectivity index is 2.69. The third-order valence-corrected chi connectivity index (χ3v) is 2.66. The normalized spacial score (nSPS) is 12.2. The van der Waals surface area contributed by atoms with Crippen molar-refractivity contribution in [2.75, 3.05) is 34.5 Å². The van der Waals surface area contributed by atoms with Crippen LogP contribution in [-0.2, 0) is 11.3 Å². The first-order valence-corrected chi connectivity index (χ1v) is 5.79. The van der Waals surface area contributed by atoms with Gasteiger partial charge in [0.25, 0.3) is 0 Å². The van der Waals surface area contributed by atoms with Gasteiger partial charge >= 0.3 is 0 Å². The molecule has 0 heterocycles. The highest BCUT2D eigenvalue weighted by Crippen LogP contribution is 2.23. The van der Waals surface area contributed by atoms with Crippen LogP contribution in [0.2, 0.25) is 0 Å². The minimum absolute atomic E-state index is 0.0279. The maximum Gasteiger partial charge on any atom is 0.123 e. The highest BCUT2D eigenvalue weighted by Gasteiger charge is 2.09. The minimum atomic E-state index is -0.0918. The summed E-state index contributed by atoms with van der Waals surface area (Å²) in [7, 11) is 4.86. The van der Waals surface area contributed by atoms with Crippen molar-refractivity contribution in [3.63, 3.8) is 0 Å². The predicted molar refractivity (Wildman–Crippen MR) is 69.1 cm³/mol. The summed E-state index contributed by atoms with van der Waals surface area (Å²) >= 11 is 0. The van der Waals surface area contributed by atoms with Gasteiger partial charge in [0.05, 0.1) is 33.5 Å². The van der Waals surface area contributed by atoms with Gasteiger partial charge in [-0.1, -0.05) is 0 Å². The van der Waals surface area contributed by atoms with E-state index < -0.39 is 0 Å². The number of hydrogen-bond acceptors (Lipinski definition) is 5. The molecule has 1 aromatic rings. The van der Waals surface area contributed by atoms with Crippen molar-refractivity contribution in [1.82, 2.24) is 5.32 Å². The van der Waals surface area contributed by atoms with Crippen LogP contribution in [0.25, 0.3) is 0 Å². The Bertz CT molecular complexity index is 357. The van der Waals surface area contributed by atoms with Gasteiger partial charge in [-0.25, -0.2) is 0 Å². The molecule has 18 heavy (non-hydrogen) atoms. The molecule has 5 heteroatoms. The molecule has 0 fully saturated rings. The number of methoxy groups -OCH3 is 3. The molecule has 0 radical (unpaired) electrons. The molecule has 0 spiro atoms.